The zero-order valence-corrected chi connectivity index (χ0v) is 15.1. The lowest BCUT2D eigenvalue weighted by Gasteiger charge is -2.33. The van der Waals surface area contributed by atoms with E-state index in [9.17, 15) is 14.5 Å². The van der Waals surface area contributed by atoms with Crippen molar-refractivity contribution in [2.75, 3.05) is 47.1 Å². The Labute approximate surface area is 152 Å². The van der Waals surface area contributed by atoms with Gasteiger partial charge in [0, 0.05) is 26.2 Å². The first kappa shape index (κ1) is 22.6. The SMILES string of the molecule is COc1cc([C@@H](CF)N2CCNCC2)c([N+](=O)[O-])cc1OC.Cl.Cl. The predicted octanol–water partition coefficient (Wildman–Crippen LogP) is 2.37. The van der Waals surface area contributed by atoms with E-state index in [1.54, 1.807) is 0 Å². The zero-order valence-electron chi connectivity index (χ0n) is 13.5. The van der Waals surface area contributed by atoms with Gasteiger partial charge in [0.2, 0.25) is 0 Å². The lowest BCUT2D eigenvalue weighted by Crippen LogP contribution is -2.45. The minimum absolute atomic E-state index is 0. The maximum absolute atomic E-state index is 13.6. The van der Waals surface area contributed by atoms with Crippen molar-refractivity contribution in [1.82, 2.24) is 10.2 Å². The number of nitrogens with one attached hydrogen (secondary N) is 1. The number of ether oxygens (including phenoxy) is 2. The summed E-state index contributed by atoms with van der Waals surface area (Å²) in [6.45, 7) is 2.05. The van der Waals surface area contributed by atoms with Crippen LogP contribution in [0, 0.1) is 10.1 Å². The number of halogens is 3. The minimum Gasteiger partial charge on any atom is -0.493 e. The molecule has 24 heavy (non-hydrogen) atoms. The second-order valence-electron chi connectivity index (χ2n) is 4.98. The average molecular weight is 386 g/mol. The highest BCUT2D eigenvalue weighted by atomic mass is 35.5. The molecule has 0 amide bonds. The molecule has 1 N–H and O–H groups in total. The summed E-state index contributed by atoms with van der Waals surface area (Å²) >= 11 is 0. The summed E-state index contributed by atoms with van der Waals surface area (Å²) in [6.07, 6.45) is 0. The summed E-state index contributed by atoms with van der Waals surface area (Å²) in [7, 11) is 2.85. The smallest absolute Gasteiger partial charge is 0.278 e. The molecule has 138 valence electrons. The van der Waals surface area contributed by atoms with Crippen LogP contribution >= 0.6 is 24.8 Å². The second kappa shape index (κ2) is 10.5. The van der Waals surface area contributed by atoms with E-state index in [4.69, 9.17) is 9.47 Å². The average Bonchev–Trinajstić information content (AvgIpc) is 2.55. The minimum atomic E-state index is -0.698. The van der Waals surface area contributed by atoms with Crippen LogP contribution in [0.3, 0.4) is 0 Å². The van der Waals surface area contributed by atoms with Crippen molar-refractivity contribution in [2.24, 2.45) is 0 Å². The number of alkyl halides is 1. The van der Waals surface area contributed by atoms with Crippen molar-refractivity contribution in [1.29, 1.82) is 0 Å². The van der Waals surface area contributed by atoms with E-state index in [1.165, 1.54) is 26.4 Å². The molecule has 7 nitrogen and oxygen atoms in total. The van der Waals surface area contributed by atoms with Gasteiger partial charge >= 0.3 is 0 Å². The molecule has 1 aromatic carbocycles. The van der Waals surface area contributed by atoms with Gasteiger partial charge in [0.25, 0.3) is 5.69 Å². The first-order valence-electron chi connectivity index (χ1n) is 7.03. The first-order valence-corrected chi connectivity index (χ1v) is 7.03. The summed E-state index contributed by atoms with van der Waals surface area (Å²) in [4.78, 5) is 12.7. The van der Waals surface area contributed by atoms with E-state index in [0.29, 0.717) is 24.4 Å². The van der Waals surface area contributed by atoms with Gasteiger partial charge in [0.1, 0.15) is 6.67 Å². The summed E-state index contributed by atoms with van der Waals surface area (Å²) in [5.74, 6) is 0.618. The van der Waals surface area contributed by atoms with Crippen LogP contribution < -0.4 is 14.8 Å². The fourth-order valence-electron chi connectivity index (χ4n) is 2.68. The van der Waals surface area contributed by atoms with Gasteiger partial charge in [-0.15, -0.1) is 24.8 Å². The number of piperazine rings is 1. The maximum Gasteiger partial charge on any atom is 0.278 e. The number of hydrogen-bond donors (Lipinski definition) is 1. The molecule has 2 rings (SSSR count). The molecule has 0 aromatic heterocycles. The molecule has 0 unspecified atom stereocenters. The molecule has 1 saturated heterocycles. The molecule has 1 fully saturated rings. The molecule has 1 aliphatic heterocycles. The van der Waals surface area contributed by atoms with E-state index >= 15 is 0 Å². The Bertz CT molecular complexity index is 545. The summed E-state index contributed by atoms with van der Waals surface area (Å²) in [5, 5.41) is 14.5. The molecular formula is C14H22Cl2FN3O4. The largest absolute Gasteiger partial charge is 0.493 e. The molecule has 1 aliphatic rings. The number of benzene rings is 1. The van der Waals surface area contributed by atoms with Crippen LogP contribution in [0.15, 0.2) is 12.1 Å². The Morgan fingerprint density at radius 1 is 1.25 bits per heavy atom. The summed E-state index contributed by atoms with van der Waals surface area (Å²) in [6, 6.07) is 2.13. The fourth-order valence-corrected chi connectivity index (χ4v) is 2.68. The highest BCUT2D eigenvalue weighted by Crippen LogP contribution is 2.39. The standard InChI is InChI=1S/C14H20FN3O4.2ClH/c1-21-13-7-10(11(18(19)20)8-14(13)22-2)12(9-15)17-5-3-16-4-6-17;;/h7-8,12,16H,3-6,9H2,1-2H3;2*1H/t12-;;/m1../s1. The van der Waals surface area contributed by atoms with Gasteiger partial charge in [-0.1, -0.05) is 0 Å². The van der Waals surface area contributed by atoms with Gasteiger partial charge in [-0.3, -0.25) is 15.0 Å². The van der Waals surface area contributed by atoms with Gasteiger partial charge in [0.15, 0.2) is 11.5 Å². The molecule has 0 spiro atoms. The van der Waals surface area contributed by atoms with E-state index in [2.05, 4.69) is 5.32 Å². The van der Waals surface area contributed by atoms with Crippen molar-refractivity contribution in [3.8, 4) is 11.5 Å². The molecule has 1 aromatic rings. The highest BCUT2D eigenvalue weighted by Gasteiger charge is 2.30. The van der Waals surface area contributed by atoms with Crippen molar-refractivity contribution in [3.05, 3.63) is 27.8 Å². The van der Waals surface area contributed by atoms with Crippen molar-refractivity contribution < 1.29 is 18.8 Å². The third-order valence-electron chi connectivity index (χ3n) is 3.83. The summed E-state index contributed by atoms with van der Waals surface area (Å²) in [5.41, 5.74) is 0.158. The Kier molecular flexibility index (Phi) is 9.91. The van der Waals surface area contributed by atoms with Crippen LogP contribution in [-0.4, -0.2) is 56.9 Å². The maximum atomic E-state index is 13.6. The lowest BCUT2D eigenvalue weighted by atomic mass is 10.0. The Balaban J connectivity index is 0.00000264. The molecule has 0 bridgehead atoms. The number of rotatable bonds is 6. The van der Waals surface area contributed by atoms with Crippen LogP contribution in [0.2, 0.25) is 0 Å². The quantitative estimate of drug-likeness (QED) is 0.598. The summed E-state index contributed by atoms with van der Waals surface area (Å²) < 4.78 is 23.9. The topological polar surface area (TPSA) is 76.9 Å². The second-order valence-corrected chi connectivity index (χ2v) is 4.98. The molecule has 10 heteroatoms. The van der Waals surface area contributed by atoms with Crippen LogP contribution in [0.25, 0.3) is 0 Å². The van der Waals surface area contributed by atoms with Crippen LogP contribution in [0.1, 0.15) is 11.6 Å². The number of hydrogen-bond acceptors (Lipinski definition) is 6. The number of nitro benzene ring substituents is 1. The van der Waals surface area contributed by atoms with Gasteiger partial charge in [-0.05, 0) is 6.07 Å². The van der Waals surface area contributed by atoms with Gasteiger partial charge in [-0.25, -0.2) is 4.39 Å². The third kappa shape index (κ3) is 4.83. The normalized spacial score (nSPS) is 15.6. The van der Waals surface area contributed by atoms with E-state index < -0.39 is 17.6 Å². The molecule has 0 saturated carbocycles. The van der Waals surface area contributed by atoms with Crippen molar-refractivity contribution in [3.63, 3.8) is 0 Å². The number of methoxy groups -OCH3 is 2. The molecule has 1 heterocycles. The lowest BCUT2D eigenvalue weighted by molar-refractivity contribution is -0.386. The zero-order chi connectivity index (χ0) is 16.1. The molecule has 1 atom stereocenters. The van der Waals surface area contributed by atoms with E-state index in [-0.39, 0.29) is 36.3 Å². The van der Waals surface area contributed by atoms with Crippen LogP contribution in [0.5, 0.6) is 11.5 Å². The Morgan fingerprint density at radius 3 is 2.25 bits per heavy atom. The van der Waals surface area contributed by atoms with Gasteiger partial charge in [0.05, 0.1) is 36.8 Å². The fraction of sp³-hybridized carbons (Fsp3) is 0.571. The van der Waals surface area contributed by atoms with Crippen molar-refractivity contribution >= 4 is 30.5 Å². The predicted molar refractivity (Wildman–Crippen MR) is 93.9 cm³/mol. The van der Waals surface area contributed by atoms with Crippen molar-refractivity contribution in [2.45, 2.75) is 6.04 Å². The number of nitro groups is 1. The van der Waals surface area contributed by atoms with E-state index in [1.807, 2.05) is 4.90 Å². The monoisotopic (exact) mass is 385 g/mol. The third-order valence-corrected chi connectivity index (χ3v) is 3.83. The molecule has 0 aliphatic carbocycles. The Morgan fingerprint density at radius 2 is 1.79 bits per heavy atom. The number of nitrogens with zero attached hydrogens (tertiary/aromatic N) is 2. The van der Waals surface area contributed by atoms with Crippen LogP contribution in [-0.2, 0) is 0 Å². The van der Waals surface area contributed by atoms with E-state index in [0.717, 1.165) is 13.1 Å². The first-order chi connectivity index (χ1) is 10.6. The van der Waals surface area contributed by atoms with Crippen LogP contribution in [0.4, 0.5) is 10.1 Å². The Hall–Kier alpha value is -1.35. The molecular weight excluding hydrogens is 364 g/mol. The highest BCUT2D eigenvalue weighted by molar-refractivity contribution is 5.85. The van der Waals surface area contributed by atoms with Gasteiger partial charge in [-0.2, -0.15) is 0 Å². The van der Waals surface area contributed by atoms with Gasteiger partial charge < -0.3 is 14.8 Å². The molecule has 0 radical (unpaired) electrons.